The monoisotopic (exact) mass is 231 g/mol. The molecule has 1 aromatic carbocycles. The molecule has 0 radical (unpaired) electrons. The number of hydrogen-bond donors (Lipinski definition) is 1. The summed E-state index contributed by atoms with van der Waals surface area (Å²) >= 11 is 0. The summed E-state index contributed by atoms with van der Waals surface area (Å²) in [5.74, 6) is -0.347. The van der Waals surface area contributed by atoms with E-state index in [2.05, 4.69) is 5.32 Å². The van der Waals surface area contributed by atoms with Crippen LogP contribution in [0, 0.1) is 11.3 Å². The van der Waals surface area contributed by atoms with E-state index in [-0.39, 0.29) is 5.76 Å². The summed E-state index contributed by atoms with van der Waals surface area (Å²) in [4.78, 5) is 11.3. The Morgan fingerprint density at radius 2 is 2.35 bits per heavy atom. The average molecular weight is 231 g/mol. The molecular weight excluding hydrogens is 218 g/mol. The van der Waals surface area contributed by atoms with Crippen molar-refractivity contribution in [2.75, 3.05) is 13.1 Å². The van der Waals surface area contributed by atoms with Gasteiger partial charge in [0.25, 0.3) is 0 Å². The lowest BCUT2D eigenvalue weighted by molar-refractivity contribution is 0.528. The van der Waals surface area contributed by atoms with Crippen LogP contribution in [-0.4, -0.2) is 17.7 Å². The van der Waals surface area contributed by atoms with Gasteiger partial charge in [0, 0.05) is 13.6 Å². The summed E-state index contributed by atoms with van der Waals surface area (Å²) in [5, 5.41) is 11.4. The molecule has 88 valence electrons. The Bertz CT molecular complexity index is 619. The Morgan fingerprint density at radius 3 is 3.12 bits per heavy atom. The minimum Gasteiger partial charge on any atom is -0.408 e. The number of aromatic nitrogens is 1. The van der Waals surface area contributed by atoms with Crippen LogP contribution in [0.15, 0.2) is 27.4 Å². The zero-order valence-corrected chi connectivity index (χ0v) is 9.56. The van der Waals surface area contributed by atoms with Gasteiger partial charge in [0.2, 0.25) is 0 Å². The summed E-state index contributed by atoms with van der Waals surface area (Å²) < 4.78 is 6.53. The lowest BCUT2D eigenvalue weighted by atomic mass is 10.1. The Labute approximate surface area is 98.3 Å². The maximum atomic E-state index is 11.3. The number of benzene rings is 1. The van der Waals surface area contributed by atoms with Crippen molar-refractivity contribution in [2.45, 2.75) is 6.42 Å². The Morgan fingerprint density at radius 1 is 1.53 bits per heavy atom. The lowest BCUT2D eigenvalue weighted by Crippen LogP contribution is -2.17. The van der Waals surface area contributed by atoms with Crippen LogP contribution in [0.3, 0.4) is 0 Å². The first kappa shape index (κ1) is 11.4. The molecule has 1 heterocycles. The average Bonchev–Trinajstić information content (AvgIpc) is 2.61. The fraction of sp³-hybridized carbons (Fsp3) is 0.333. The molecule has 2 rings (SSSR count). The minimum absolute atomic E-state index is 0.347. The summed E-state index contributed by atoms with van der Waals surface area (Å²) in [6.07, 6.45) is 0.816. The lowest BCUT2D eigenvalue weighted by Gasteiger charge is -2.01. The number of rotatable bonds is 4. The molecule has 0 saturated heterocycles. The Kier molecular flexibility index (Phi) is 3.26. The van der Waals surface area contributed by atoms with E-state index in [9.17, 15) is 4.79 Å². The number of nitriles is 1. The molecule has 1 N–H and O–H groups in total. The van der Waals surface area contributed by atoms with Gasteiger partial charge >= 0.3 is 5.76 Å². The van der Waals surface area contributed by atoms with Crippen LogP contribution in [0.2, 0.25) is 0 Å². The highest BCUT2D eigenvalue weighted by molar-refractivity contribution is 5.73. The van der Waals surface area contributed by atoms with E-state index >= 15 is 0 Å². The van der Waals surface area contributed by atoms with Crippen LogP contribution in [0.5, 0.6) is 0 Å². The van der Waals surface area contributed by atoms with Gasteiger partial charge in [0.05, 0.1) is 18.1 Å². The second kappa shape index (κ2) is 4.85. The van der Waals surface area contributed by atoms with Crippen molar-refractivity contribution in [1.82, 2.24) is 9.88 Å². The van der Waals surface area contributed by atoms with Crippen molar-refractivity contribution in [3.05, 3.63) is 34.3 Å². The maximum absolute atomic E-state index is 11.3. The third kappa shape index (κ3) is 2.37. The molecule has 17 heavy (non-hydrogen) atoms. The molecule has 0 aliphatic rings. The largest absolute Gasteiger partial charge is 0.419 e. The summed E-state index contributed by atoms with van der Waals surface area (Å²) in [7, 11) is 1.69. The van der Waals surface area contributed by atoms with E-state index < -0.39 is 0 Å². The first-order valence-electron chi connectivity index (χ1n) is 5.38. The number of aryl methyl sites for hydroxylation is 1. The molecule has 0 spiro atoms. The summed E-state index contributed by atoms with van der Waals surface area (Å²) in [6, 6.07) is 7.70. The molecule has 5 nitrogen and oxygen atoms in total. The number of fused-ring (bicyclic) bond motifs is 1. The van der Waals surface area contributed by atoms with Crippen LogP contribution < -0.4 is 11.1 Å². The van der Waals surface area contributed by atoms with Gasteiger partial charge in [-0.2, -0.15) is 5.26 Å². The molecule has 1 aromatic heterocycles. The topological polar surface area (TPSA) is 71.0 Å². The second-order valence-corrected chi connectivity index (χ2v) is 3.81. The van der Waals surface area contributed by atoms with Crippen LogP contribution >= 0.6 is 0 Å². The molecule has 0 atom stereocenters. The zero-order valence-electron chi connectivity index (χ0n) is 9.56. The van der Waals surface area contributed by atoms with Gasteiger partial charge in [0.15, 0.2) is 5.58 Å². The predicted octanol–water partition coefficient (Wildman–Crippen LogP) is 0.787. The Hall–Kier alpha value is -2.06. The smallest absolute Gasteiger partial charge is 0.408 e. The van der Waals surface area contributed by atoms with Gasteiger partial charge in [-0.15, -0.1) is 0 Å². The third-order valence-electron chi connectivity index (χ3n) is 2.65. The van der Waals surface area contributed by atoms with Crippen molar-refractivity contribution in [3.63, 3.8) is 0 Å². The highest BCUT2D eigenvalue weighted by Gasteiger charge is 2.05. The molecule has 0 saturated carbocycles. The molecule has 0 bridgehead atoms. The summed E-state index contributed by atoms with van der Waals surface area (Å²) in [5.41, 5.74) is 2.51. The van der Waals surface area contributed by atoms with Crippen molar-refractivity contribution < 1.29 is 4.42 Å². The molecule has 0 aliphatic heterocycles. The Balaban J connectivity index is 2.17. The van der Waals surface area contributed by atoms with E-state index in [1.165, 1.54) is 4.57 Å². The minimum atomic E-state index is -0.347. The number of nitrogens with zero attached hydrogens (tertiary/aromatic N) is 2. The normalized spacial score (nSPS) is 10.6. The quantitative estimate of drug-likeness (QED) is 0.623. The van der Waals surface area contributed by atoms with Gasteiger partial charge in [0.1, 0.15) is 0 Å². The maximum Gasteiger partial charge on any atom is 0.419 e. The zero-order chi connectivity index (χ0) is 12.3. The first-order valence-corrected chi connectivity index (χ1v) is 5.38. The van der Waals surface area contributed by atoms with E-state index in [4.69, 9.17) is 9.68 Å². The molecule has 0 fully saturated rings. The van der Waals surface area contributed by atoms with E-state index in [0.717, 1.165) is 24.0 Å². The predicted molar refractivity (Wildman–Crippen MR) is 63.6 cm³/mol. The van der Waals surface area contributed by atoms with E-state index in [1.54, 1.807) is 13.1 Å². The number of hydrogen-bond acceptors (Lipinski definition) is 4. The standard InChI is InChI=1S/C12H13N3O2/c1-15-10-8-9(4-6-14-7-5-13)2-3-11(10)17-12(15)16/h2-3,8,14H,4,6-7H2,1H3. The number of nitrogens with one attached hydrogen (secondary N) is 1. The fourth-order valence-corrected chi connectivity index (χ4v) is 1.70. The first-order chi connectivity index (χ1) is 8.22. The second-order valence-electron chi connectivity index (χ2n) is 3.81. The van der Waals surface area contributed by atoms with Gasteiger partial charge < -0.3 is 9.73 Å². The van der Waals surface area contributed by atoms with Gasteiger partial charge in [-0.05, 0) is 24.1 Å². The molecular formula is C12H13N3O2. The number of oxazole rings is 1. The third-order valence-corrected chi connectivity index (χ3v) is 2.65. The van der Waals surface area contributed by atoms with E-state index in [1.807, 2.05) is 18.2 Å². The van der Waals surface area contributed by atoms with Crippen molar-refractivity contribution in [1.29, 1.82) is 5.26 Å². The molecule has 0 aliphatic carbocycles. The van der Waals surface area contributed by atoms with E-state index in [0.29, 0.717) is 12.1 Å². The van der Waals surface area contributed by atoms with Crippen molar-refractivity contribution >= 4 is 11.1 Å². The molecule has 0 unspecified atom stereocenters. The van der Waals surface area contributed by atoms with Crippen LogP contribution in [0.1, 0.15) is 5.56 Å². The molecule has 5 heteroatoms. The molecule has 0 amide bonds. The highest BCUT2D eigenvalue weighted by atomic mass is 16.4. The van der Waals surface area contributed by atoms with Gasteiger partial charge in [-0.25, -0.2) is 4.79 Å². The van der Waals surface area contributed by atoms with Crippen LogP contribution in [0.4, 0.5) is 0 Å². The van der Waals surface area contributed by atoms with Gasteiger partial charge in [-0.1, -0.05) is 6.07 Å². The van der Waals surface area contributed by atoms with Crippen molar-refractivity contribution in [3.8, 4) is 6.07 Å². The summed E-state index contributed by atoms with van der Waals surface area (Å²) in [6.45, 7) is 1.09. The van der Waals surface area contributed by atoms with Crippen LogP contribution in [-0.2, 0) is 13.5 Å². The fourth-order valence-electron chi connectivity index (χ4n) is 1.70. The van der Waals surface area contributed by atoms with Gasteiger partial charge in [-0.3, -0.25) is 4.57 Å². The molecule has 2 aromatic rings. The highest BCUT2D eigenvalue weighted by Crippen LogP contribution is 2.14. The van der Waals surface area contributed by atoms with Crippen LogP contribution in [0.25, 0.3) is 11.1 Å². The SMILES string of the molecule is Cn1c(=O)oc2ccc(CCNCC#N)cc21. The van der Waals surface area contributed by atoms with Crippen molar-refractivity contribution in [2.24, 2.45) is 7.05 Å².